The number of hydrogen-bond donors (Lipinski definition) is 5. The van der Waals surface area contributed by atoms with E-state index in [0.717, 1.165) is 70.3 Å². The van der Waals surface area contributed by atoms with E-state index in [4.69, 9.17) is 37.9 Å². The number of Topliss-reactive ketones (excluding diaryl/α,β-unsaturated/α-hetero) is 2. The van der Waals surface area contributed by atoms with E-state index in [1.54, 1.807) is 25.3 Å². The first-order valence-corrected chi connectivity index (χ1v) is 52.9. The smallest absolute Gasteiger partial charge is 0.244 e. The van der Waals surface area contributed by atoms with Crippen LogP contribution in [0.15, 0.2) is 235 Å². The first-order valence-electron chi connectivity index (χ1n) is 52.9. The molecule has 0 bridgehead atoms. The molecule has 4 aliphatic carbocycles. The highest BCUT2D eigenvalue weighted by atomic mass is 16.5. The Kier molecular flexibility index (Phi) is 66.0. The number of unbranched alkanes of at least 4 members (excludes halogenated alkanes) is 2. The van der Waals surface area contributed by atoms with Crippen molar-refractivity contribution in [1.82, 2.24) is 26.6 Å². The fourth-order valence-corrected chi connectivity index (χ4v) is 17.7. The number of methoxy groups -OCH3 is 1. The molecule has 0 unspecified atom stereocenters. The number of nitrogens with one attached hydrogen (secondary N) is 5. The van der Waals surface area contributed by atoms with E-state index in [2.05, 4.69) is 198 Å². The second-order valence-electron chi connectivity index (χ2n) is 41.3. The summed E-state index contributed by atoms with van der Waals surface area (Å²) in [5, 5.41) is 14.7. The van der Waals surface area contributed by atoms with Gasteiger partial charge in [-0.25, -0.2) is 0 Å². The molecular formula is C121H187N5O16. The largest absolute Gasteiger partial charge is 0.382 e. The zero-order valence-electron chi connectivity index (χ0n) is 91.9. The lowest BCUT2D eigenvalue weighted by atomic mass is 9.72. The van der Waals surface area contributed by atoms with Crippen LogP contribution >= 0.6 is 0 Å². The van der Waals surface area contributed by atoms with E-state index in [-0.39, 0.29) is 87.8 Å². The van der Waals surface area contributed by atoms with Crippen LogP contribution in [-0.2, 0) is 76.3 Å². The molecule has 142 heavy (non-hydrogen) atoms. The average Bonchev–Trinajstić information content (AvgIpc) is 0.833. The Hall–Kier alpha value is -9.16. The van der Waals surface area contributed by atoms with Crippen LogP contribution in [-0.4, -0.2) is 185 Å². The third kappa shape index (κ3) is 59.3. The minimum atomic E-state index is -0.677. The molecule has 0 spiro atoms. The summed E-state index contributed by atoms with van der Waals surface area (Å²) < 4.78 is 43.6. The van der Waals surface area contributed by atoms with E-state index in [9.17, 15) is 38.4 Å². The summed E-state index contributed by atoms with van der Waals surface area (Å²) in [6.07, 6.45) is 69.3. The Labute approximate surface area is 858 Å². The summed E-state index contributed by atoms with van der Waals surface area (Å²) >= 11 is 0. The molecule has 4 aliphatic rings. The number of ketones is 3. The Bertz CT molecular complexity index is 4570. The fraction of sp³-hybridized carbons (Fsp3) is 0.603. The summed E-state index contributed by atoms with van der Waals surface area (Å²) in [4.78, 5) is 103. The van der Waals surface area contributed by atoms with E-state index in [1.807, 2.05) is 95.4 Å². The lowest BCUT2D eigenvalue weighted by Gasteiger charge is -2.33. The first kappa shape index (κ1) is 127. The van der Waals surface area contributed by atoms with Gasteiger partial charge in [-0.3, -0.25) is 38.4 Å². The molecule has 21 heteroatoms. The van der Waals surface area contributed by atoms with Gasteiger partial charge < -0.3 is 64.5 Å². The Morgan fingerprint density at radius 2 is 0.683 bits per heavy atom. The molecule has 21 nitrogen and oxygen atoms in total. The molecule has 4 rings (SSSR count). The molecule has 0 heterocycles. The molecule has 792 valence electrons. The molecule has 0 aromatic rings. The topological polar surface area (TPSA) is 271 Å². The number of carbonyl (C=O) groups is 8. The van der Waals surface area contributed by atoms with Crippen LogP contribution in [0.2, 0.25) is 0 Å². The number of hydrogen-bond acceptors (Lipinski definition) is 16. The van der Waals surface area contributed by atoms with E-state index in [0.29, 0.717) is 189 Å². The summed E-state index contributed by atoms with van der Waals surface area (Å²) in [6.45, 7) is 53.4. The van der Waals surface area contributed by atoms with Crippen molar-refractivity contribution in [3.05, 3.63) is 235 Å². The van der Waals surface area contributed by atoms with Gasteiger partial charge in [0.05, 0.1) is 85.3 Å². The summed E-state index contributed by atoms with van der Waals surface area (Å²) in [7, 11) is 1.62. The predicted octanol–water partition coefficient (Wildman–Crippen LogP) is 24.6. The molecule has 0 aliphatic heterocycles. The third-order valence-electron chi connectivity index (χ3n) is 26.0. The van der Waals surface area contributed by atoms with Crippen molar-refractivity contribution in [1.29, 1.82) is 0 Å². The molecule has 0 aromatic heterocycles. The Morgan fingerprint density at radius 3 is 1.08 bits per heavy atom. The van der Waals surface area contributed by atoms with Crippen LogP contribution in [0, 0.1) is 27.6 Å². The van der Waals surface area contributed by atoms with Gasteiger partial charge in [-0.2, -0.15) is 0 Å². The minimum Gasteiger partial charge on any atom is -0.382 e. The number of carbonyl (C=O) groups excluding carboxylic acids is 8. The van der Waals surface area contributed by atoms with Crippen molar-refractivity contribution in [3.8, 4) is 0 Å². The van der Waals surface area contributed by atoms with Crippen LogP contribution in [0.4, 0.5) is 0 Å². The van der Waals surface area contributed by atoms with Crippen molar-refractivity contribution < 1.29 is 76.3 Å². The lowest BCUT2D eigenvalue weighted by molar-refractivity contribution is -0.128. The SMILES string of the molecule is CCCOCCC(=O)CCCOCCOCCNC(=O)[C@@H](CCCCNC(=O)/C=C(C)/C=C/C=C(C)/C=C/C1=C(C)CCCC1(C)C)CC(=O)/C=C(C)/C=C/C=C(C)/C=C/C1=C(C)CCCC1(C)C.COCCOCCOCCC(=O)NCCOCCOCCCC(=O)[C@@H](CCCCNC(=O)/C=C(C)/C=C/C=C(C)/C=C/C1=C(C)CCCC1(C)C)NC(=O)/C=C(C)/C=C/C=C(C)/C=C/C1=C(C)CCCC1(C)C. The molecule has 0 fully saturated rings. The second kappa shape index (κ2) is 73.8. The molecule has 0 aromatic carbocycles. The van der Waals surface area contributed by atoms with Crippen LogP contribution in [0.1, 0.15) is 312 Å². The van der Waals surface area contributed by atoms with Crippen molar-refractivity contribution >= 4 is 46.9 Å². The van der Waals surface area contributed by atoms with Crippen molar-refractivity contribution in [2.45, 2.75) is 318 Å². The number of ether oxygens (including phenoxy) is 8. The van der Waals surface area contributed by atoms with Crippen LogP contribution < -0.4 is 26.6 Å². The van der Waals surface area contributed by atoms with Gasteiger partial charge in [-0.05, 0) is 284 Å². The molecular weight excluding hydrogens is 1780 g/mol. The molecule has 0 radical (unpaired) electrons. The van der Waals surface area contributed by atoms with Gasteiger partial charge in [0.25, 0.3) is 0 Å². The van der Waals surface area contributed by atoms with Crippen LogP contribution in [0.25, 0.3) is 0 Å². The zero-order valence-corrected chi connectivity index (χ0v) is 91.9. The summed E-state index contributed by atoms with van der Waals surface area (Å²) in [5.41, 5.74) is 20.1. The minimum absolute atomic E-state index is 0.0672. The maximum absolute atomic E-state index is 13.5. The zero-order chi connectivity index (χ0) is 105. The van der Waals surface area contributed by atoms with Crippen molar-refractivity contribution in [2.75, 3.05) is 132 Å². The van der Waals surface area contributed by atoms with Gasteiger partial charge in [0, 0.05) is 109 Å². The lowest BCUT2D eigenvalue weighted by Crippen LogP contribution is -2.40. The van der Waals surface area contributed by atoms with Gasteiger partial charge >= 0.3 is 0 Å². The number of allylic oxidation sites excluding steroid dienone is 37. The normalized spacial score (nSPS) is 17.6. The van der Waals surface area contributed by atoms with E-state index < -0.39 is 12.0 Å². The van der Waals surface area contributed by atoms with Gasteiger partial charge in [0.1, 0.15) is 5.78 Å². The maximum atomic E-state index is 13.5. The average molecular weight is 1970 g/mol. The van der Waals surface area contributed by atoms with Gasteiger partial charge in [0.2, 0.25) is 29.5 Å². The summed E-state index contributed by atoms with van der Waals surface area (Å²) in [6, 6.07) is -0.677. The van der Waals surface area contributed by atoms with Crippen molar-refractivity contribution in [2.24, 2.45) is 27.6 Å². The van der Waals surface area contributed by atoms with Crippen LogP contribution in [0.3, 0.4) is 0 Å². The van der Waals surface area contributed by atoms with Gasteiger partial charge in [-0.15, -0.1) is 0 Å². The van der Waals surface area contributed by atoms with E-state index >= 15 is 0 Å². The Morgan fingerprint density at radius 1 is 0.338 bits per heavy atom. The van der Waals surface area contributed by atoms with E-state index in [1.165, 1.54) is 108 Å². The maximum Gasteiger partial charge on any atom is 0.244 e. The molecule has 2 atom stereocenters. The second-order valence-corrected chi connectivity index (χ2v) is 41.3. The van der Waals surface area contributed by atoms with Gasteiger partial charge in [0.15, 0.2) is 11.6 Å². The molecule has 0 saturated carbocycles. The quantitative estimate of drug-likeness (QED) is 0.0215. The predicted molar refractivity (Wildman–Crippen MR) is 585 cm³/mol. The van der Waals surface area contributed by atoms with Gasteiger partial charge in [-0.1, -0.05) is 235 Å². The highest BCUT2D eigenvalue weighted by molar-refractivity contribution is 5.95. The first-order chi connectivity index (χ1) is 67.7. The Balaban J connectivity index is 0.000000731. The molecule has 5 N–H and O–H groups in total. The standard InChI is InChI=1S/C61H95N3O9.C60H92N2O7/c1-47(27-29-53-51(5)23-16-32-60(53,7)8)19-14-21-49(3)45-58(67)62-34-13-12-25-55(64-59(68)46-50(4)22-15-20-48(2)28-30-54-52(6)24-17-33-61(54,9)10)56(65)26-18-36-70-41-43-72-38-35-63-57(66)31-37-71-42-44-73-40-39-69-11;1-12-37-67-39-32-53(63)27-19-38-68-41-42-69-40-36-62-58(66)52(45-54(64)43-48(4)22-15-20-46(2)28-30-55-50(6)24-17-33-59(55,8)9)26-13-14-35-61-57(65)44-49(5)23-16-21-47(3)29-31-56-51(7)25-18-34-60(56,10)11/h14-15,19-22,27-30,45-46,55H,12-13,16-18,23-26,31-44H2,1-11H3,(H,62,67)(H,63,66)(H,64,68);15-16,20-23,28-31,43-44,52H,12-14,17-19,24-27,32-42,45H2,1-11H3,(H,61,65)(H,62,66)/b21-14+,22-15+,29-27+,30-28+,47-19+,48-20+,49-45+,50-46+;22-15+,23-16+,30-28+,31-29+,46-20+,47-21+,48-43+,49-44+/t55-;52-/m10/s1. The number of rotatable bonds is 69. The highest BCUT2D eigenvalue weighted by Gasteiger charge is 2.31. The molecule has 0 saturated heterocycles. The fourth-order valence-electron chi connectivity index (χ4n) is 17.7. The summed E-state index contributed by atoms with van der Waals surface area (Å²) in [5.74, 6) is -1.48. The third-order valence-corrected chi connectivity index (χ3v) is 26.0. The van der Waals surface area contributed by atoms with Crippen LogP contribution in [0.5, 0.6) is 0 Å². The monoisotopic (exact) mass is 1970 g/mol. The number of amides is 5. The van der Waals surface area contributed by atoms with Crippen molar-refractivity contribution in [3.63, 3.8) is 0 Å². The molecule has 5 amide bonds. The highest BCUT2D eigenvalue weighted by Crippen LogP contribution is 2.44.